The van der Waals surface area contributed by atoms with Gasteiger partial charge in [0, 0.05) is 25.8 Å². The zero-order chi connectivity index (χ0) is 15.7. The highest BCUT2D eigenvalue weighted by Crippen LogP contribution is 2.28. The number of rotatable bonds is 5. The van der Waals surface area contributed by atoms with Crippen LogP contribution in [-0.4, -0.2) is 39.1 Å². The first kappa shape index (κ1) is 15.7. The quantitative estimate of drug-likeness (QED) is 0.621. The van der Waals surface area contributed by atoms with Crippen molar-refractivity contribution in [1.29, 1.82) is 0 Å². The Morgan fingerprint density at radius 1 is 1.43 bits per heavy atom. The van der Waals surface area contributed by atoms with E-state index in [0.29, 0.717) is 18.7 Å². The van der Waals surface area contributed by atoms with Crippen molar-refractivity contribution in [1.82, 2.24) is 4.72 Å². The van der Waals surface area contributed by atoms with Gasteiger partial charge in [0.05, 0.1) is 22.8 Å². The van der Waals surface area contributed by atoms with E-state index in [1.807, 2.05) is 0 Å². The summed E-state index contributed by atoms with van der Waals surface area (Å²) in [5, 5.41) is 13.6. The summed E-state index contributed by atoms with van der Waals surface area (Å²) in [5.41, 5.74) is -0.674. The van der Waals surface area contributed by atoms with Crippen molar-refractivity contribution in [3.05, 3.63) is 28.3 Å². The minimum atomic E-state index is -3.90. The molecule has 1 aliphatic rings. The standard InChI is InChI=1S/C12H17N3O5S/c1-12(5-6-20-8-12)14-21(18,19)11-7-9(15(16)17)3-4-10(11)13-2/h3-4,7,13-14H,5-6,8H2,1-2H3. The molecule has 0 saturated carbocycles. The van der Waals surface area contributed by atoms with Crippen molar-refractivity contribution in [2.75, 3.05) is 25.6 Å². The second-order valence-corrected chi connectivity index (χ2v) is 6.81. The lowest BCUT2D eigenvalue weighted by molar-refractivity contribution is -0.385. The van der Waals surface area contributed by atoms with Gasteiger partial charge in [-0.3, -0.25) is 10.1 Å². The highest BCUT2D eigenvalue weighted by molar-refractivity contribution is 7.89. The van der Waals surface area contributed by atoms with Gasteiger partial charge in [0.15, 0.2) is 0 Å². The SMILES string of the molecule is CNc1ccc([N+](=O)[O-])cc1S(=O)(=O)NC1(C)CCOC1. The molecule has 1 aromatic rings. The Morgan fingerprint density at radius 3 is 2.67 bits per heavy atom. The summed E-state index contributed by atoms with van der Waals surface area (Å²) in [6.45, 7) is 2.50. The van der Waals surface area contributed by atoms with Crippen LogP contribution in [0.4, 0.5) is 11.4 Å². The molecule has 1 unspecified atom stereocenters. The summed E-state index contributed by atoms with van der Waals surface area (Å²) >= 11 is 0. The van der Waals surface area contributed by atoms with Crippen LogP contribution >= 0.6 is 0 Å². The Kier molecular flexibility index (Phi) is 4.17. The molecule has 9 heteroatoms. The number of nitrogens with one attached hydrogen (secondary N) is 2. The number of non-ortho nitro benzene ring substituents is 1. The molecule has 1 heterocycles. The second kappa shape index (κ2) is 5.58. The summed E-state index contributed by atoms with van der Waals surface area (Å²) in [4.78, 5) is 10.1. The average molecular weight is 315 g/mol. The van der Waals surface area contributed by atoms with Crippen LogP contribution in [0.25, 0.3) is 0 Å². The molecule has 1 saturated heterocycles. The van der Waals surface area contributed by atoms with Gasteiger partial charge < -0.3 is 10.1 Å². The Bertz CT molecular complexity index is 653. The van der Waals surface area contributed by atoms with E-state index in [-0.39, 0.29) is 17.2 Å². The number of sulfonamides is 1. The van der Waals surface area contributed by atoms with Crippen molar-refractivity contribution >= 4 is 21.4 Å². The van der Waals surface area contributed by atoms with Crippen molar-refractivity contribution in [3.63, 3.8) is 0 Å². The predicted octanol–water partition coefficient (Wildman–Crippen LogP) is 1.09. The average Bonchev–Trinajstić information content (AvgIpc) is 2.83. The van der Waals surface area contributed by atoms with Gasteiger partial charge in [-0.2, -0.15) is 0 Å². The lowest BCUT2D eigenvalue weighted by Gasteiger charge is -2.23. The first-order valence-corrected chi connectivity index (χ1v) is 7.84. The van der Waals surface area contributed by atoms with Gasteiger partial charge >= 0.3 is 0 Å². The zero-order valence-corrected chi connectivity index (χ0v) is 12.6. The van der Waals surface area contributed by atoms with Gasteiger partial charge in [-0.05, 0) is 19.4 Å². The maximum absolute atomic E-state index is 12.5. The molecule has 0 bridgehead atoms. The minimum Gasteiger partial charge on any atom is -0.387 e. The van der Waals surface area contributed by atoms with Crippen LogP contribution in [-0.2, 0) is 14.8 Å². The van der Waals surface area contributed by atoms with Gasteiger partial charge in [-0.25, -0.2) is 13.1 Å². The third kappa shape index (κ3) is 3.31. The molecule has 1 aromatic carbocycles. The molecule has 1 atom stereocenters. The molecule has 116 valence electrons. The molecule has 0 amide bonds. The smallest absolute Gasteiger partial charge is 0.270 e. The van der Waals surface area contributed by atoms with Crippen molar-refractivity contribution in [3.8, 4) is 0 Å². The normalized spacial score (nSPS) is 22.2. The fourth-order valence-corrected chi connectivity index (χ4v) is 3.84. The number of benzene rings is 1. The number of hydrogen-bond donors (Lipinski definition) is 2. The van der Waals surface area contributed by atoms with E-state index in [4.69, 9.17) is 4.74 Å². The van der Waals surface area contributed by atoms with Crippen LogP contribution < -0.4 is 10.0 Å². The molecule has 21 heavy (non-hydrogen) atoms. The molecular formula is C12H17N3O5S. The number of ether oxygens (including phenoxy) is 1. The fraction of sp³-hybridized carbons (Fsp3) is 0.500. The molecular weight excluding hydrogens is 298 g/mol. The number of nitrogens with zero attached hydrogens (tertiary/aromatic N) is 1. The Hall–Kier alpha value is -1.71. The first-order valence-electron chi connectivity index (χ1n) is 6.35. The molecule has 2 N–H and O–H groups in total. The molecule has 0 spiro atoms. The predicted molar refractivity (Wildman–Crippen MR) is 76.8 cm³/mol. The van der Waals surface area contributed by atoms with Crippen LogP contribution in [0.5, 0.6) is 0 Å². The number of anilines is 1. The molecule has 0 radical (unpaired) electrons. The Morgan fingerprint density at radius 2 is 2.14 bits per heavy atom. The second-order valence-electron chi connectivity index (χ2n) is 5.16. The zero-order valence-electron chi connectivity index (χ0n) is 11.8. The van der Waals surface area contributed by atoms with Crippen molar-refractivity contribution < 1.29 is 18.1 Å². The molecule has 0 aliphatic carbocycles. The largest absolute Gasteiger partial charge is 0.387 e. The lowest BCUT2D eigenvalue weighted by atomic mass is 10.0. The van der Waals surface area contributed by atoms with Gasteiger partial charge in [0.25, 0.3) is 5.69 Å². The molecule has 1 fully saturated rings. The first-order chi connectivity index (χ1) is 9.77. The highest BCUT2D eigenvalue weighted by atomic mass is 32.2. The minimum absolute atomic E-state index is 0.146. The lowest BCUT2D eigenvalue weighted by Crippen LogP contribution is -2.46. The number of nitro benzene ring substituents is 1. The maximum atomic E-state index is 12.5. The topological polar surface area (TPSA) is 111 Å². The summed E-state index contributed by atoms with van der Waals surface area (Å²) in [5.74, 6) is 0. The molecule has 1 aliphatic heterocycles. The van der Waals surface area contributed by atoms with Gasteiger partial charge in [-0.1, -0.05) is 0 Å². The van der Waals surface area contributed by atoms with Crippen molar-refractivity contribution in [2.24, 2.45) is 0 Å². The monoisotopic (exact) mass is 315 g/mol. The van der Waals surface area contributed by atoms with E-state index in [2.05, 4.69) is 10.0 Å². The van der Waals surface area contributed by atoms with Crippen LogP contribution in [0.3, 0.4) is 0 Å². The van der Waals surface area contributed by atoms with Crippen LogP contribution in [0, 0.1) is 10.1 Å². The van der Waals surface area contributed by atoms with E-state index in [1.165, 1.54) is 12.1 Å². The summed E-state index contributed by atoms with van der Waals surface area (Å²) in [7, 11) is -2.34. The Balaban J connectivity index is 2.42. The highest BCUT2D eigenvalue weighted by Gasteiger charge is 2.35. The van der Waals surface area contributed by atoms with Gasteiger partial charge in [0.1, 0.15) is 4.90 Å². The van der Waals surface area contributed by atoms with Gasteiger partial charge in [0.2, 0.25) is 10.0 Å². The summed E-state index contributed by atoms with van der Waals surface area (Å²) in [6, 6.07) is 3.68. The third-order valence-electron chi connectivity index (χ3n) is 3.33. The molecule has 2 rings (SSSR count). The van der Waals surface area contributed by atoms with Crippen molar-refractivity contribution in [2.45, 2.75) is 23.8 Å². The van der Waals surface area contributed by atoms with E-state index in [0.717, 1.165) is 6.07 Å². The van der Waals surface area contributed by atoms with Crippen LogP contribution in [0.1, 0.15) is 13.3 Å². The number of nitro groups is 1. The van der Waals surface area contributed by atoms with Gasteiger partial charge in [-0.15, -0.1) is 0 Å². The Labute approximate surface area is 122 Å². The summed E-state index contributed by atoms with van der Waals surface area (Å²) in [6.07, 6.45) is 0.552. The van der Waals surface area contributed by atoms with E-state index in [1.54, 1.807) is 14.0 Å². The van der Waals surface area contributed by atoms with Crippen LogP contribution in [0.15, 0.2) is 23.1 Å². The molecule has 8 nitrogen and oxygen atoms in total. The molecule has 0 aromatic heterocycles. The summed E-state index contributed by atoms with van der Waals surface area (Å²) < 4.78 is 32.8. The number of hydrogen-bond acceptors (Lipinski definition) is 6. The maximum Gasteiger partial charge on any atom is 0.270 e. The van der Waals surface area contributed by atoms with Crippen LogP contribution in [0.2, 0.25) is 0 Å². The third-order valence-corrected chi connectivity index (χ3v) is 5.01. The van der Waals surface area contributed by atoms with E-state index >= 15 is 0 Å². The van der Waals surface area contributed by atoms with E-state index < -0.39 is 20.5 Å². The fourth-order valence-electron chi connectivity index (χ4n) is 2.18. The van der Waals surface area contributed by atoms with E-state index in [9.17, 15) is 18.5 Å².